The lowest BCUT2D eigenvalue weighted by molar-refractivity contribution is -0.138. The molecule has 0 aromatic carbocycles. The molecular formula is C14H17NO4. The molecule has 0 saturated carbocycles. The van der Waals surface area contributed by atoms with Crippen LogP contribution in [-0.4, -0.2) is 35.0 Å². The summed E-state index contributed by atoms with van der Waals surface area (Å²) in [6.07, 6.45) is 4.00. The molecule has 5 heteroatoms. The van der Waals surface area contributed by atoms with E-state index in [9.17, 15) is 9.59 Å². The smallest absolute Gasteiger partial charge is 0.303 e. The molecule has 1 fully saturated rings. The van der Waals surface area contributed by atoms with Crippen LogP contribution in [0.1, 0.15) is 24.4 Å². The predicted molar refractivity (Wildman–Crippen MR) is 69.4 cm³/mol. The number of likely N-dealkylation sites (tertiary alicyclic amines) is 1. The Hall–Kier alpha value is -2.04. The number of nitrogens with zero attached hydrogens (tertiary/aromatic N) is 1. The number of aryl methyl sites for hydroxylation is 1. The van der Waals surface area contributed by atoms with E-state index in [4.69, 9.17) is 9.52 Å². The van der Waals surface area contributed by atoms with Crippen LogP contribution in [0.3, 0.4) is 0 Å². The van der Waals surface area contributed by atoms with E-state index < -0.39 is 5.97 Å². The molecule has 0 aliphatic carbocycles. The van der Waals surface area contributed by atoms with Crippen molar-refractivity contribution in [3.8, 4) is 0 Å². The van der Waals surface area contributed by atoms with Gasteiger partial charge in [0.1, 0.15) is 11.5 Å². The molecule has 0 radical (unpaired) electrons. The minimum Gasteiger partial charge on any atom is -0.481 e. The maximum absolute atomic E-state index is 11.9. The zero-order valence-electron chi connectivity index (χ0n) is 10.8. The van der Waals surface area contributed by atoms with Gasteiger partial charge in [0.15, 0.2) is 0 Å². The largest absolute Gasteiger partial charge is 0.481 e. The highest BCUT2D eigenvalue weighted by molar-refractivity contribution is 5.91. The summed E-state index contributed by atoms with van der Waals surface area (Å²) < 4.78 is 5.34. The van der Waals surface area contributed by atoms with Gasteiger partial charge in [-0.05, 0) is 37.5 Å². The molecule has 2 rings (SSSR count). The number of aliphatic carboxylic acids is 1. The van der Waals surface area contributed by atoms with Crippen molar-refractivity contribution < 1.29 is 19.1 Å². The van der Waals surface area contributed by atoms with Crippen molar-refractivity contribution in [2.45, 2.75) is 19.8 Å². The van der Waals surface area contributed by atoms with Crippen molar-refractivity contribution in [3.63, 3.8) is 0 Å². The van der Waals surface area contributed by atoms with E-state index in [0.717, 1.165) is 12.2 Å². The fourth-order valence-corrected chi connectivity index (χ4v) is 2.25. The first-order valence-electron chi connectivity index (χ1n) is 6.30. The van der Waals surface area contributed by atoms with E-state index in [1.807, 2.05) is 13.0 Å². The lowest BCUT2D eigenvalue weighted by atomic mass is 10.1. The van der Waals surface area contributed by atoms with Crippen molar-refractivity contribution in [2.24, 2.45) is 5.92 Å². The standard InChI is InChI=1S/C14H17NO4/c1-10-2-3-12(19-10)4-5-13(16)15-7-6-11(9-15)8-14(17)18/h2-5,11H,6-9H2,1H3,(H,17,18). The molecule has 1 aromatic rings. The highest BCUT2D eigenvalue weighted by atomic mass is 16.4. The van der Waals surface area contributed by atoms with Gasteiger partial charge < -0.3 is 14.4 Å². The number of furan rings is 1. The lowest BCUT2D eigenvalue weighted by Crippen LogP contribution is -2.27. The predicted octanol–water partition coefficient (Wildman–Crippen LogP) is 1.92. The van der Waals surface area contributed by atoms with E-state index in [-0.39, 0.29) is 18.2 Å². The second kappa shape index (κ2) is 5.73. The first kappa shape index (κ1) is 13.4. The lowest BCUT2D eigenvalue weighted by Gasteiger charge is -2.13. The first-order chi connectivity index (χ1) is 9.04. The number of rotatable bonds is 4. The summed E-state index contributed by atoms with van der Waals surface area (Å²) in [5.74, 6) is 0.616. The van der Waals surface area contributed by atoms with Crippen LogP contribution in [0, 0.1) is 12.8 Å². The summed E-state index contributed by atoms with van der Waals surface area (Å²) in [6, 6.07) is 3.64. The maximum atomic E-state index is 11.9. The quantitative estimate of drug-likeness (QED) is 0.842. The topological polar surface area (TPSA) is 70.8 Å². The van der Waals surface area contributed by atoms with E-state index >= 15 is 0 Å². The molecule has 1 aromatic heterocycles. The second-order valence-electron chi connectivity index (χ2n) is 4.82. The molecule has 1 saturated heterocycles. The molecule has 1 aliphatic heterocycles. The van der Waals surface area contributed by atoms with Gasteiger partial charge >= 0.3 is 5.97 Å². The van der Waals surface area contributed by atoms with Gasteiger partial charge in [0.2, 0.25) is 5.91 Å². The Morgan fingerprint density at radius 2 is 2.32 bits per heavy atom. The highest BCUT2D eigenvalue weighted by Gasteiger charge is 2.26. The van der Waals surface area contributed by atoms with Crippen LogP contribution in [0.25, 0.3) is 6.08 Å². The van der Waals surface area contributed by atoms with Gasteiger partial charge in [0.25, 0.3) is 0 Å². The molecule has 1 amide bonds. The van der Waals surface area contributed by atoms with E-state index in [1.165, 1.54) is 6.08 Å². The molecule has 0 bridgehead atoms. The van der Waals surface area contributed by atoms with E-state index in [1.54, 1.807) is 17.0 Å². The minimum atomic E-state index is -0.805. The Bertz CT molecular complexity index is 503. The number of carboxylic acids is 1. The van der Waals surface area contributed by atoms with Gasteiger partial charge in [-0.15, -0.1) is 0 Å². The maximum Gasteiger partial charge on any atom is 0.303 e. The number of hydrogen-bond acceptors (Lipinski definition) is 3. The van der Waals surface area contributed by atoms with Gasteiger partial charge in [-0.1, -0.05) is 0 Å². The number of amides is 1. The first-order valence-corrected chi connectivity index (χ1v) is 6.30. The van der Waals surface area contributed by atoms with Crippen LogP contribution < -0.4 is 0 Å². The summed E-state index contributed by atoms with van der Waals surface area (Å²) >= 11 is 0. The molecule has 2 heterocycles. The van der Waals surface area contributed by atoms with Crippen LogP contribution in [0.5, 0.6) is 0 Å². The fraction of sp³-hybridized carbons (Fsp3) is 0.429. The normalized spacial score (nSPS) is 19.2. The van der Waals surface area contributed by atoms with Gasteiger partial charge in [-0.2, -0.15) is 0 Å². The van der Waals surface area contributed by atoms with Gasteiger partial charge in [-0.3, -0.25) is 9.59 Å². The average Bonchev–Trinajstić information content (AvgIpc) is 2.95. The molecular weight excluding hydrogens is 246 g/mol. The third-order valence-corrected chi connectivity index (χ3v) is 3.21. The molecule has 5 nitrogen and oxygen atoms in total. The van der Waals surface area contributed by atoms with Crippen molar-refractivity contribution in [3.05, 3.63) is 29.7 Å². The third kappa shape index (κ3) is 3.71. The number of carbonyl (C=O) groups excluding carboxylic acids is 1. The second-order valence-corrected chi connectivity index (χ2v) is 4.82. The number of hydrogen-bond donors (Lipinski definition) is 1. The van der Waals surface area contributed by atoms with Gasteiger partial charge in [0.05, 0.1) is 0 Å². The highest BCUT2D eigenvalue weighted by Crippen LogP contribution is 2.20. The Morgan fingerprint density at radius 3 is 2.95 bits per heavy atom. The van der Waals surface area contributed by atoms with Crippen molar-refractivity contribution in [2.75, 3.05) is 13.1 Å². The molecule has 0 spiro atoms. The molecule has 1 aliphatic rings. The Morgan fingerprint density at radius 1 is 1.53 bits per heavy atom. The summed E-state index contributed by atoms with van der Waals surface area (Å²) in [4.78, 5) is 24.2. The van der Waals surface area contributed by atoms with Crippen LogP contribution in [-0.2, 0) is 9.59 Å². The summed E-state index contributed by atoms with van der Waals surface area (Å²) in [5.41, 5.74) is 0. The molecule has 1 unspecified atom stereocenters. The van der Waals surface area contributed by atoms with E-state index in [0.29, 0.717) is 18.8 Å². The van der Waals surface area contributed by atoms with E-state index in [2.05, 4.69) is 0 Å². The van der Waals surface area contributed by atoms with Crippen LogP contribution in [0.4, 0.5) is 0 Å². The number of carboxylic acid groups (broad SMARTS) is 1. The SMILES string of the molecule is Cc1ccc(C=CC(=O)N2CCC(CC(=O)O)C2)o1. The number of carbonyl (C=O) groups is 2. The Labute approximate surface area is 111 Å². The zero-order chi connectivity index (χ0) is 13.8. The minimum absolute atomic E-state index is 0.0701. The Balaban J connectivity index is 1.87. The van der Waals surface area contributed by atoms with Crippen LogP contribution in [0.2, 0.25) is 0 Å². The summed E-state index contributed by atoms with van der Waals surface area (Å²) in [6.45, 7) is 2.99. The summed E-state index contributed by atoms with van der Waals surface area (Å²) in [5, 5.41) is 8.72. The molecule has 102 valence electrons. The average molecular weight is 263 g/mol. The van der Waals surface area contributed by atoms with Crippen molar-refractivity contribution >= 4 is 18.0 Å². The molecule has 1 atom stereocenters. The molecule has 1 N–H and O–H groups in total. The summed E-state index contributed by atoms with van der Waals surface area (Å²) in [7, 11) is 0. The fourth-order valence-electron chi connectivity index (χ4n) is 2.25. The molecule has 19 heavy (non-hydrogen) atoms. The van der Waals surface area contributed by atoms with Crippen molar-refractivity contribution in [1.29, 1.82) is 0 Å². The van der Waals surface area contributed by atoms with Crippen LogP contribution >= 0.6 is 0 Å². The monoisotopic (exact) mass is 263 g/mol. The zero-order valence-corrected chi connectivity index (χ0v) is 10.8. The van der Waals surface area contributed by atoms with Crippen LogP contribution in [0.15, 0.2) is 22.6 Å². The Kier molecular flexibility index (Phi) is 4.04. The van der Waals surface area contributed by atoms with Crippen molar-refractivity contribution in [1.82, 2.24) is 4.90 Å². The third-order valence-electron chi connectivity index (χ3n) is 3.21. The van der Waals surface area contributed by atoms with Gasteiger partial charge in [-0.25, -0.2) is 0 Å². The van der Waals surface area contributed by atoms with Gasteiger partial charge in [0, 0.05) is 25.6 Å².